The highest BCUT2D eigenvalue weighted by atomic mass is 16.5. The minimum absolute atomic E-state index is 0.203. The maximum Gasteiger partial charge on any atom is 0.261 e. The summed E-state index contributed by atoms with van der Waals surface area (Å²) in [6.07, 6.45) is -0.647. The zero-order valence-corrected chi connectivity index (χ0v) is 15.2. The lowest BCUT2D eigenvalue weighted by atomic mass is 10.2. The molecule has 3 aromatic rings. The van der Waals surface area contributed by atoms with Gasteiger partial charge in [0.25, 0.3) is 5.91 Å². The number of ether oxygens (including phenoxy) is 2. The van der Waals surface area contributed by atoms with Crippen molar-refractivity contribution >= 4 is 16.8 Å². The number of carbonyl (C=O) groups is 1. The highest BCUT2D eigenvalue weighted by molar-refractivity contribution is 5.84. The van der Waals surface area contributed by atoms with Gasteiger partial charge < -0.3 is 14.8 Å². The Labute approximate surface area is 152 Å². The van der Waals surface area contributed by atoms with Crippen LogP contribution in [-0.4, -0.2) is 28.9 Å². The molecule has 2 aromatic carbocycles. The Bertz CT molecular complexity index is 904. The smallest absolute Gasteiger partial charge is 0.261 e. The second-order valence-electron chi connectivity index (χ2n) is 5.91. The van der Waals surface area contributed by atoms with Gasteiger partial charge in [0, 0.05) is 11.9 Å². The largest absolute Gasteiger partial charge is 0.493 e. The molecule has 0 aliphatic heterocycles. The van der Waals surface area contributed by atoms with Crippen molar-refractivity contribution in [1.29, 1.82) is 0 Å². The summed E-state index contributed by atoms with van der Waals surface area (Å²) in [5, 5.41) is 8.55. The van der Waals surface area contributed by atoms with Crippen molar-refractivity contribution in [2.75, 3.05) is 7.11 Å². The molecule has 0 aliphatic carbocycles. The van der Waals surface area contributed by atoms with Gasteiger partial charge in [0.1, 0.15) is 0 Å². The molecule has 1 atom stereocenters. The van der Waals surface area contributed by atoms with E-state index in [1.807, 2.05) is 48.0 Å². The molecule has 6 heteroatoms. The van der Waals surface area contributed by atoms with E-state index >= 15 is 0 Å². The third-order valence-electron chi connectivity index (χ3n) is 4.21. The summed E-state index contributed by atoms with van der Waals surface area (Å²) >= 11 is 0. The number of benzene rings is 2. The van der Waals surface area contributed by atoms with Crippen molar-refractivity contribution in [1.82, 2.24) is 15.1 Å². The van der Waals surface area contributed by atoms with Crippen LogP contribution in [0.3, 0.4) is 0 Å². The Kier molecular flexibility index (Phi) is 5.41. The van der Waals surface area contributed by atoms with E-state index in [0.717, 1.165) is 23.1 Å². The van der Waals surface area contributed by atoms with E-state index in [1.165, 1.54) is 0 Å². The Morgan fingerprint density at radius 1 is 1.15 bits per heavy atom. The zero-order chi connectivity index (χ0) is 18.5. The second kappa shape index (κ2) is 7.91. The molecule has 26 heavy (non-hydrogen) atoms. The highest BCUT2D eigenvalue weighted by Crippen LogP contribution is 2.26. The van der Waals surface area contributed by atoms with Gasteiger partial charge in [-0.3, -0.25) is 9.48 Å². The molecule has 6 nitrogen and oxygen atoms in total. The first-order valence-corrected chi connectivity index (χ1v) is 8.65. The van der Waals surface area contributed by atoms with Gasteiger partial charge in [0.05, 0.1) is 24.9 Å². The zero-order valence-electron chi connectivity index (χ0n) is 15.2. The van der Waals surface area contributed by atoms with Crippen LogP contribution in [-0.2, 0) is 17.9 Å². The van der Waals surface area contributed by atoms with Gasteiger partial charge >= 0.3 is 0 Å². The molecule has 3 rings (SSSR count). The number of aryl methyl sites for hydroxylation is 1. The molecule has 0 aliphatic rings. The number of aromatic nitrogens is 2. The van der Waals surface area contributed by atoms with Crippen LogP contribution in [0.4, 0.5) is 0 Å². The quantitative estimate of drug-likeness (QED) is 0.709. The Morgan fingerprint density at radius 2 is 1.85 bits per heavy atom. The van der Waals surface area contributed by atoms with Gasteiger partial charge in [0.15, 0.2) is 17.6 Å². The third-order valence-corrected chi connectivity index (χ3v) is 4.21. The summed E-state index contributed by atoms with van der Waals surface area (Å²) in [6.45, 7) is 4.89. The maximum atomic E-state index is 12.4. The van der Waals surface area contributed by atoms with E-state index in [0.29, 0.717) is 18.0 Å². The molecular weight excluding hydrogens is 330 g/mol. The van der Waals surface area contributed by atoms with Crippen molar-refractivity contribution in [3.8, 4) is 11.5 Å². The van der Waals surface area contributed by atoms with Gasteiger partial charge in [0.2, 0.25) is 0 Å². The van der Waals surface area contributed by atoms with Crippen molar-refractivity contribution in [3.05, 3.63) is 54.2 Å². The second-order valence-corrected chi connectivity index (χ2v) is 5.91. The van der Waals surface area contributed by atoms with Crippen LogP contribution < -0.4 is 14.8 Å². The van der Waals surface area contributed by atoms with E-state index in [-0.39, 0.29) is 5.91 Å². The van der Waals surface area contributed by atoms with Crippen LogP contribution in [0.25, 0.3) is 10.9 Å². The number of nitrogens with one attached hydrogen (secondary N) is 1. The third kappa shape index (κ3) is 3.64. The molecule has 136 valence electrons. The van der Waals surface area contributed by atoms with Gasteiger partial charge in [-0.15, -0.1) is 0 Å². The van der Waals surface area contributed by atoms with Crippen LogP contribution in [0.2, 0.25) is 0 Å². The molecule has 1 amide bonds. The van der Waals surface area contributed by atoms with E-state index < -0.39 is 6.10 Å². The number of amides is 1. The normalized spacial score (nSPS) is 12.0. The standard InChI is InChI=1S/C20H23N3O3/c1-4-23-17-10-6-5-9-15(17)16(22-23)13-21-20(24)14(2)26-19-12-8-7-11-18(19)25-3/h5-12,14H,4,13H2,1-3H3,(H,21,24)/t14-/m1/s1. The number of hydrogen-bond donors (Lipinski definition) is 1. The molecule has 1 aromatic heterocycles. The first kappa shape index (κ1) is 17.8. The topological polar surface area (TPSA) is 65.4 Å². The number of hydrogen-bond acceptors (Lipinski definition) is 4. The lowest BCUT2D eigenvalue weighted by Gasteiger charge is -2.16. The average molecular weight is 353 g/mol. The van der Waals surface area contributed by atoms with Crippen LogP contribution in [0.1, 0.15) is 19.5 Å². The van der Waals surface area contributed by atoms with Gasteiger partial charge in [-0.2, -0.15) is 5.10 Å². The fraction of sp³-hybridized carbons (Fsp3) is 0.300. The summed E-state index contributed by atoms with van der Waals surface area (Å²) in [6, 6.07) is 15.3. The summed E-state index contributed by atoms with van der Waals surface area (Å²) < 4.78 is 12.9. The molecule has 0 unspecified atom stereocenters. The lowest BCUT2D eigenvalue weighted by Crippen LogP contribution is -2.36. The van der Waals surface area contributed by atoms with Crippen LogP contribution >= 0.6 is 0 Å². The Hall–Kier alpha value is -3.02. The first-order valence-electron chi connectivity index (χ1n) is 8.65. The summed E-state index contributed by atoms with van der Waals surface area (Å²) in [5.74, 6) is 0.934. The van der Waals surface area contributed by atoms with E-state index in [9.17, 15) is 4.79 Å². The maximum absolute atomic E-state index is 12.4. The molecule has 0 bridgehead atoms. The van der Waals surface area contributed by atoms with Gasteiger partial charge in [-0.05, 0) is 32.0 Å². The monoisotopic (exact) mass is 353 g/mol. The SMILES string of the molecule is CCn1nc(CNC(=O)[C@@H](C)Oc2ccccc2OC)c2ccccc21. The van der Waals surface area contributed by atoms with Crippen LogP contribution in [0.5, 0.6) is 11.5 Å². The van der Waals surface area contributed by atoms with E-state index in [1.54, 1.807) is 26.2 Å². The lowest BCUT2D eigenvalue weighted by molar-refractivity contribution is -0.127. The molecule has 0 saturated heterocycles. The summed E-state index contributed by atoms with van der Waals surface area (Å²) in [5.41, 5.74) is 1.91. The Balaban J connectivity index is 1.67. The fourth-order valence-corrected chi connectivity index (χ4v) is 2.84. The summed E-state index contributed by atoms with van der Waals surface area (Å²) in [7, 11) is 1.57. The first-order chi connectivity index (χ1) is 12.6. The number of fused-ring (bicyclic) bond motifs is 1. The van der Waals surface area contributed by atoms with Gasteiger partial charge in [-0.1, -0.05) is 30.3 Å². The number of carbonyl (C=O) groups excluding carboxylic acids is 1. The average Bonchev–Trinajstić information content (AvgIpc) is 3.04. The molecule has 0 spiro atoms. The molecule has 0 radical (unpaired) electrons. The molecule has 0 saturated carbocycles. The van der Waals surface area contributed by atoms with Crippen molar-refractivity contribution in [2.45, 2.75) is 33.0 Å². The molecule has 1 N–H and O–H groups in total. The predicted molar refractivity (Wildman–Crippen MR) is 100 cm³/mol. The van der Waals surface area contributed by atoms with E-state index in [2.05, 4.69) is 10.4 Å². The van der Waals surface area contributed by atoms with Crippen LogP contribution in [0, 0.1) is 0 Å². The van der Waals surface area contributed by atoms with Crippen molar-refractivity contribution < 1.29 is 14.3 Å². The molecular formula is C20H23N3O3. The van der Waals surface area contributed by atoms with Crippen LogP contribution in [0.15, 0.2) is 48.5 Å². The molecule has 0 fully saturated rings. The van der Waals surface area contributed by atoms with Gasteiger partial charge in [-0.25, -0.2) is 0 Å². The number of rotatable bonds is 7. The summed E-state index contributed by atoms with van der Waals surface area (Å²) in [4.78, 5) is 12.4. The van der Waals surface area contributed by atoms with E-state index in [4.69, 9.17) is 9.47 Å². The number of para-hydroxylation sites is 3. The number of nitrogens with zero attached hydrogens (tertiary/aromatic N) is 2. The minimum Gasteiger partial charge on any atom is -0.493 e. The Morgan fingerprint density at radius 3 is 2.58 bits per heavy atom. The minimum atomic E-state index is -0.647. The highest BCUT2D eigenvalue weighted by Gasteiger charge is 2.17. The number of methoxy groups -OCH3 is 1. The molecule has 1 heterocycles. The van der Waals surface area contributed by atoms with Crippen molar-refractivity contribution in [2.24, 2.45) is 0 Å². The fourth-order valence-electron chi connectivity index (χ4n) is 2.84. The predicted octanol–water partition coefficient (Wildman–Crippen LogP) is 3.15. The van der Waals surface area contributed by atoms with Crippen molar-refractivity contribution in [3.63, 3.8) is 0 Å².